The molecule has 0 radical (unpaired) electrons. The van der Waals surface area contributed by atoms with Crippen LogP contribution in [0.25, 0.3) is 0 Å². The summed E-state index contributed by atoms with van der Waals surface area (Å²) in [5, 5.41) is 3.57. The number of anilines is 2. The van der Waals surface area contributed by atoms with Crippen molar-refractivity contribution in [2.75, 3.05) is 17.9 Å². The fourth-order valence-corrected chi connectivity index (χ4v) is 3.12. The molecule has 1 unspecified atom stereocenters. The Hall–Kier alpha value is -1.40. The maximum atomic E-state index is 5.48. The van der Waals surface area contributed by atoms with Gasteiger partial charge in [-0.2, -0.15) is 0 Å². The second-order valence-electron chi connectivity index (χ2n) is 5.69. The second kappa shape index (κ2) is 8.14. The van der Waals surface area contributed by atoms with Crippen LogP contribution in [0.5, 0.6) is 0 Å². The summed E-state index contributed by atoms with van der Waals surface area (Å²) in [6.07, 6.45) is 7.78. The first-order chi connectivity index (χ1) is 10.3. The molecule has 1 aliphatic rings. The SMILES string of the molecule is CCC(Nc1cc(NN)nc(COC)n1)C1CCCCC1. The Morgan fingerprint density at radius 2 is 2.00 bits per heavy atom. The molecule has 0 aliphatic heterocycles. The van der Waals surface area contributed by atoms with Gasteiger partial charge in [0, 0.05) is 19.2 Å². The van der Waals surface area contributed by atoms with Gasteiger partial charge >= 0.3 is 0 Å². The second-order valence-corrected chi connectivity index (χ2v) is 5.69. The molecule has 0 saturated heterocycles. The molecule has 0 amide bonds. The van der Waals surface area contributed by atoms with Gasteiger partial charge < -0.3 is 15.5 Å². The van der Waals surface area contributed by atoms with Crippen LogP contribution in [0.3, 0.4) is 0 Å². The van der Waals surface area contributed by atoms with E-state index in [9.17, 15) is 0 Å². The lowest BCUT2D eigenvalue weighted by atomic mass is 9.83. The fourth-order valence-electron chi connectivity index (χ4n) is 3.12. The quantitative estimate of drug-likeness (QED) is 0.529. The van der Waals surface area contributed by atoms with E-state index >= 15 is 0 Å². The topological polar surface area (TPSA) is 85.1 Å². The zero-order chi connectivity index (χ0) is 15.1. The van der Waals surface area contributed by atoms with Crippen molar-refractivity contribution >= 4 is 11.6 Å². The molecule has 2 rings (SSSR count). The number of hydrogen-bond acceptors (Lipinski definition) is 6. The highest BCUT2D eigenvalue weighted by Crippen LogP contribution is 2.29. The molecular weight excluding hydrogens is 266 g/mol. The van der Waals surface area contributed by atoms with Gasteiger partial charge in [0.05, 0.1) is 0 Å². The number of nitrogen functional groups attached to an aromatic ring is 1. The minimum absolute atomic E-state index is 0.379. The van der Waals surface area contributed by atoms with E-state index in [2.05, 4.69) is 27.6 Å². The van der Waals surface area contributed by atoms with Crippen LogP contribution in [0.1, 0.15) is 51.3 Å². The van der Waals surface area contributed by atoms with E-state index in [1.54, 1.807) is 7.11 Å². The smallest absolute Gasteiger partial charge is 0.158 e. The van der Waals surface area contributed by atoms with Gasteiger partial charge in [0.15, 0.2) is 5.82 Å². The molecule has 6 nitrogen and oxygen atoms in total. The zero-order valence-corrected chi connectivity index (χ0v) is 13.1. The number of rotatable bonds is 7. The summed E-state index contributed by atoms with van der Waals surface area (Å²) in [5.41, 5.74) is 2.59. The highest BCUT2D eigenvalue weighted by atomic mass is 16.5. The van der Waals surface area contributed by atoms with Gasteiger partial charge in [-0.25, -0.2) is 15.8 Å². The third-order valence-electron chi connectivity index (χ3n) is 4.19. The minimum Gasteiger partial charge on any atom is -0.377 e. The number of nitrogens with one attached hydrogen (secondary N) is 2. The van der Waals surface area contributed by atoms with E-state index in [1.807, 2.05) is 6.07 Å². The van der Waals surface area contributed by atoms with Crippen LogP contribution < -0.4 is 16.6 Å². The molecule has 1 aliphatic carbocycles. The predicted octanol–water partition coefficient (Wildman–Crippen LogP) is 2.68. The molecular formula is C15H27N5O. The number of hydrogen-bond donors (Lipinski definition) is 3. The number of methoxy groups -OCH3 is 1. The minimum atomic E-state index is 0.379. The predicted molar refractivity (Wildman–Crippen MR) is 84.8 cm³/mol. The molecule has 0 bridgehead atoms. The first-order valence-electron chi connectivity index (χ1n) is 7.86. The summed E-state index contributed by atoms with van der Waals surface area (Å²) in [6.45, 7) is 2.61. The summed E-state index contributed by atoms with van der Waals surface area (Å²) < 4.78 is 5.11. The molecule has 118 valence electrons. The maximum absolute atomic E-state index is 5.48. The molecule has 1 heterocycles. The van der Waals surface area contributed by atoms with Gasteiger partial charge in [-0.3, -0.25) is 0 Å². The number of hydrazine groups is 1. The number of aromatic nitrogens is 2. The van der Waals surface area contributed by atoms with E-state index in [0.29, 0.717) is 24.3 Å². The van der Waals surface area contributed by atoms with Crippen LogP contribution in [0.15, 0.2) is 6.07 Å². The van der Waals surface area contributed by atoms with Crippen LogP contribution in [-0.2, 0) is 11.3 Å². The Bertz CT molecular complexity index is 434. The van der Waals surface area contributed by atoms with Crippen LogP contribution in [-0.4, -0.2) is 23.1 Å². The molecule has 0 spiro atoms. The van der Waals surface area contributed by atoms with Crippen molar-refractivity contribution in [3.8, 4) is 0 Å². The molecule has 1 aromatic rings. The van der Waals surface area contributed by atoms with Gasteiger partial charge in [0.2, 0.25) is 0 Å². The number of ether oxygens (including phenoxy) is 1. The van der Waals surface area contributed by atoms with E-state index in [0.717, 1.165) is 18.2 Å². The lowest BCUT2D eigenvalue weighted by Crippen LogP contribution is -2.30. The third kappa shape index (κ3) is 4.54. The first-order valence-corrected chi connectivity index (χ1v) is 7.86. The third-order valence-corrected chi connectivity index (χ3v) is 4.19. The van der Waals surface area contributed by atoms with Gasteiger partial charge in [-0.1, -0.05) is 26.2 Å². The Morgan fingerprint density at radius 3 is 2.62 bits per heavy atom. The standard InChI is InChI=1S/C15H27N5O/c1-3-12(11-7-5-4-6-8-11)17-13-9-14(20-16)19-15(18-13)10-21-2/h9,11-12H,3-8,10,16H2,1-2H3,(H2,17,18,19,20). The Balaban J connectivity index is 2.09. The summed E-state index contributed by atoms with van der Waals surface area (Å²) in [5.74, 6) is 8.28. The van der Waals surface area contributed by atoms with E-state index in [-0.39, 0.29) is 0 Å². The monoisotopic (exact) mass is 293 g/mol. The van der Waals surface area contributed by atoms with Crippen LogP contribution in [0.2, 0.25) is 0 Å². The average molecular weight is 293 g/mol. The van der Waals surface area contributed by atoms with Crippen LogP contribution in [0, 0.1) is 5.92 Å². The summed E-state index contributed by atoms with van der Waals surface area (Å²) in [6, 6.07) is 2.31. The van der Waals surface area contributed by atoms with Crippen molar-refractivity contribution in [3.05, 3.63) is 11.9 Å². The number of nitrogens with two attached hydrogens (primary N) is 1. The molecule has 0 aromatic carbocycles. The molecule has 6 heteroatoms. The van der Waals surface area contributed by atoms with Crippen molar-refractivity contribution in [1.82, 2.24) is 9.97 Å². The van der Waals surface area contributed by atoms with Crippen molar-refractivity contribution in [1.29, 1.82) is 0 Å². The summed E-state index contributed by atoms with van der Waals surface area (Å²) in [4.78, 5) is 8.79. The maximum Gasteiger partial charge on any atom is 0.158 e. The largest absolute Gasteiger partial charge is 0.377 e. The fraction of sp³-hybridized carbons (Fsp3) is 0.733. The van der Waals surface area contributed by atoms with Crippen molar-refractivity contribution in [2.24, 2.45) is 11.8 Å². The molecule has 1 saturated carbocycles. The Labute approximate surface area is 126 Å². The molecule has 1 atom stereocenters. The normalized spacial score (nSPS) is 17.5. The van der Waals surface area contributed by atoms with Crippen LogP contribution >= 0.6 is 0 Å². The first kappa shape index (κ1) is 16.0. The molecule has 1 aromatic heterocycles. The van der Waals surface area contributed by atoms with E-state index in [4.69, 9.17) is 10.6 Å². The van der Waals surface area contributed by atoms with Gasteiger partial charge in [0.1, 0.15) is 18.2 Å². The van der Waals surface area contributed by atoms with Crippen molar-refractivity contribution in [3.63, 3.8) is 0 Å². The Morgan fingerprint density at radius 1 is 1.29 bits per heavy atom. The van der Waals surface area contributed by atoms with Crippen molar-refractivity contribution in [2.45, 2.75) is 58.1 Å². The van der Waals surface area contributed by atoms with Gasteiger partial charge in [-0.15, -0.1) is 0 Å². The van der Waals surface area contributed by atoms with Crippen molar-refractivity contribution < 1.29 is 4.74 Å². The zero-order valence-electron chi connectivity index (χ0n) is 13.1. The molecule has 21 heavy (non-hydrogen) atoms. The van der Waals surface area contributed by atoms with E-state index in [1.165, 1.54) is 32.1 Å². The lowest BCUT2D eigenvalue weighted by Gasteiger charge is -2.30. The van der Waals surface area contributed by atoms with Gasteiger partial charge in [0.25, 0.3) is 0 Å². The molecule has 1 fully saturated rings. The Kier molecular flexibility index (Phi) is 6.20. The summed E-state index contributed by atoms with van der Waals surface area (Å²) >= 11 is 0. The number of nitrogens with zero attached hydrogens (tertiary/aromatic N) is 2. The summed E-state index contributed by atoms with van der Waals surface area (Å²) in [7, 11) is 1.63. The highest BCUT2D eigenvalue weighted by Gasteiger charge is 2.22. The van der Waals surface area contributed by atoms with E-state index < -0.39 is 0 Å². The van der Waals surface area contributed by atoms with Gasteiger partial charge in [-0.05, 0) is 25.2 Å². The average Bonchev–Trinajstić information content (AvgIpc) is 2.53. The highest BCUT2D eigenvalue weighted by molar-refractivity contribution is 5.47. The lowest BCUT2D eigenvalue weighted by molar-refractivity contribution is 0.178. The molecule has 4 N–H and O–H groups in total. The van der Waals surface area contributed by atoms with Crippen LogP contribution in [0.4, 0.5) is 11.6 Å².